The first-order valence-electron chi connectivity index (χ1n) is 5.97. The van der Waals surface area contributed by atoms with Crippen LogP contribution >= 0.6 is 22.9 Å². The minimum Gasteiger partial charge on any atom is -0.329 e. The largest absolute Gasteiger partial charge is 0.329 e. The zero-order chi connectivity index (χ0) is 13.8. The Labute approximate surface area is 121 Å². The number of hydrogen-bond acceptors (Lipinski definition) is 3. The van der Waals surface area contributed by atoms with Crippen molar-refractivity contribution in [2.24, 2.45) is 5.73 Å². The predicted octanol–water partition coefficient (Wildman–Crippen LogP) is 3.67. The van der Waals surface area contributed by atoms with Crippen molar-refractivity contribution < 1.29 is 4.39 Å². The van der Waals surface area contributed by atoms with Gasteiger partial charge in [0.1, 0.15) is 5.82 Å². The van der Waals surface area contributed by atoms with E-state index in [-0.39, 0.29) is 11.9 Å². The highest BCUT2D eigenvalue weighted by molar-refractivity contribution is 7.07. The molecule has 1 atom stereocenters. The van der Waals surface area contributed by atoms with Crippen LogP contribution in [0.15, 0.2) is 35.0 Å². The first-order valence-corrected chi connectivity index (χ1v) is 7.29. The molecule has 1 unspecified atom stereocenters. The van der Waals surface area contributed by atoms with Crippen molar-refractivity contribution in [2.75, 3.05) is 13.6 Å². The monoisotopic (exact) mass is 298 g/mol. The van der Waals surface area contributed by atoms with Gasteiger partial charge in [0.05, 0.1) is 0 Å². The fourth-order valence-corrected chi connectivity index (χ4v) is 3.01. The molecule has 0 amide bonds. The summed E-state index contributed by atoms with van der Waals surface area (Å²) < 4.78 is 13.4. The summed E-state index contributed by atoms with van der Waals surface area (Å²) >= 11 is 7.56. The second-order valence-electron chi connectivity index (χ2n) is 4.50. The van der Waals surface area contributed by atoms with Gasteiger partial charge in [-0.2, -0.15) is 11.3 Å². The van der Waals surface area contributed by atoms with Crippen LogP contribution in [0.2, 0.25) is 5.02 Å². The molecule has 1 aromatic heterocycles. The van der Waals surface area contributed by atoms with Crippen LogP contribution in [0.3, 0.4) is 0 Å². The van der Waals surface area contributed by atoms with Gasteiger partial charge in [-0.15, -0.1) is 0 Å². The van der Waals surface area contributed by atoms with E-state index in [9.17, 15) is 4.39 Å². The number of nitrogens with zero attached hydrogens (tertiary/aromatic N) is 1. The van der Waals surface area contributed by atoms with E-state index in [1.54, 1.807) is 17.4 Å². The number of benzene rings is 1. The highest BCUT2D eigenvalue weighted by atomic mass is 35.5. The Morgan fingerprint density at radius 1 is 1.42 bits per heavy atom. The van der Waals surface area contributed by atoms with Gasteiger partial charge < -0.3 is 5.73 Å². The Morgan fingerprint density at radius 3 is 2.79 bits per heavy atom. The molecule has 0 aliphatic rings. The Balaban J connectivity index is 2.18. The van der Waals surface area contributed by atoms with Gasteiger partial charge in [0.25, 0.3) is 0 Å². The lowest BCUT2D eigenvalue weighted by molar-refractivity contribution is 0.241. The average molecular weight is 299 g/mol. The van der Waals surface area contributed by atoms with E-state index in [0.29, 0.717) is 11.6 Å². The second-order valence-corrected chi connectivity index (χ2v) is 5.72. The van der Waals surface area contributed by atoms with E-state index in [4.69, 9.17) is 17.3 Å². The van der Waals surface area contributed by atoms with Crippen molar-refractivity contribution in [3.8, 4) is 0 Å². The van der Waals surface area contributed by atoms with E-state index < -0.39 is 0 Å². The Morgan fingerprint density at radius 2 is 2.21 bits per heavy atom. The first-order chi connectivity index (χ1) is 9.10. The van der Waals surface area contributed by atoms with Crippen molar-refractivity contribution in [2.45, 2.75) is 12.6 Å². The van der Waals surface area contributed by atoms with Crippen molar-refractivity contribution in [1.82, 2.24) is 4.90 Å². The van der Waals surface area contributed by atoms with Crippen molar-refractivity contribution >= 4 is 22.9 Å². The van der Waals surface area contributed by atoms with Crippen molar-refractivity contribution in [3.63, 3.8) is 0 Å². The number of rotatable bonds is 5. The fourth-order valence-electron chi connectivity index (χ4n) is 2.12. The van der Waals surface area contributed by atoms with Crippen LogP contribution in [-0.2, 0) is 6.54 Å². The quantitative estimate of drug-likeness (QED) is 0.912. The number of thiophene rings is 1. The summed E-state index contributed by atoms with van der Waals surface area (Å²) in [5, 5.41) is 4.54. The Kier molecular flexibility index (Phi) is 4.93. The summed E-state index contributed by atoms with van der Waals surface area (Å²) in [5.41, 5.74) is 7.87. The van der Waals surface area contributed by atoms with Crippen molar-refractivity contribution in [3.05, 3.63) is 57.0 Å². The van der Waals surface area contributed by atoms with E-state index in [2.05, 4.69) is 16.3 Å². The fraction of sp³-hybridized carbons (Fsp3) is 0.286. The Hall–Kier alpha value is -0.940. The topological polar surface area (TPSA) is 29.3 Å². The molecule has 5 heteroatoms. The third-order valence-corrected chi connectivity index (χ3v) is 3.99. The molecule has 2 aromatic rings. The molecule has 1 aromatic carbocycles. The molecule has 2 nitrogen and oxygen atoms in total. The molecule has 0 saturated heterocycles. The van der Waals surface area contributed by atoms with Gasteiger partial charge in [0.15, 0.2) is 0 Å². The van der Waals surface area contributed by atoms with Gasteiger partial charge in [-0.1, -0.05) is 11.6 Å². The minimum atomic E-state index is -0.329. The minimum absolute atomic E-state index is 0.0481. The van der Waals surface area contributed by atoms with Gasteiger partial charge in [-0.3, -0.25) is 4.90 Å². The highest BCUT2D eigenvalue weighted by Gasteiger charge is 2.17. The number of hydrogen-bond donors (Lipinski definition) is 1. The first kappa shape index (κ1) is 14.5. The second kappa shape index (κ2) is 6.48. The zero-order valence-electron chi connectivity index (χ0n) is 10.6. The molecular weight excluding hydrogens is 283 g/mol. The normalized spacial score (nSPS) is 12.9. The molecule has 0 aliphatic heterocycles. The van der Waals surface area contributed by atoms with Gasteiger partial charge in [0, 0.05) is 24.2 Å². The molecule has 2 N–H and O–H groups in total. The van der Waals surface area contributed by atoms with Gasteiger partial charge in [-0.25, -0.2) is 4.39 Å². The molecule has 0 radical (unpaired) electrons. The van der Waals surface area contributed by atoms with E-state index in [0.717, 1.165) is 12.1 Å². The molecule has 0 bridgehead atoms. The van der Waals surface area contributed by atoms with Crippen LogP contribution in [0.1, 0.15) is 17.2 Å². The Bertz CT molecular complexity index is 510. The molecule has 2 rings (SSSR count). The van der Waals surface area contributed by atoms with Crippen LogP contribution in [0.4, 0.5) is 4.39 Å². The zero-order valence-corrected chi connectivity index (χ0v) is 12.2. The van der Waals surface area contributed by atoms with Crippen LogP contribution in [0.5, 0.6) is 0 Å². The molecule has 102 valence electrons. The van der Waals surface area contributed by atoms with E-state index in [1.165, 1.54) is 17.7 Å². The summed E-state index contributed by atoms with van der Waals surface area (Å²) in [4.78, 5) is 2.10. The van der Waals surface area contributed by atoms with Crippen LogP contribution in [0, 0.1) is 5.82 Å². The van der Waals surface area contributed by atoms with Gasteiger partial charge in [-0.05, 0) is 53.2 Å². The lowest BCUT2D eigenvalue weighted by Gasteiger charge is -2.27. The lowest BCUT2D eigenvalue weighted by atomic mass is 10.1. The maximum absolute atomic E-state index is 13.4. The molecule has 1 heterocycles. The van der Waals surface area contributed by atoms with E-state index >= 15 is 0 Å². The summed E-state index contributed by atoms with van der Waals surface area (Å²) in [6.45, 7) is 1.19. The number of nitrogens with two attached hydrogens (primary N) is 1. The molecule has 0 fully saturated rings. The van der Waals surface area contributed by atoms with E-state index in [1.807, 2.05) is 12.4 Å². The van der Waals surface area contributed by atoms with Crippen LogP contribution in [0.25, 0.3) is 0 Å². The molecule has 0 saturated carbocycles. The highest BCUT2D eigenvalue weighted by Crippen LogP contribution is 2.24. The van der Waals surface area contributed by atoms with Gasteiger partial charge >= 0.3 is 0 Å². The number of halogens is 2. The third-order valence-electron chi connectivity index (χ3n) is 3.04. The molecule has 0 spiro atoms. The third kappa shape index (κ3) is 3.76. The smallest absolute Gasteiger partial charge is 0.125 e. The summed E-state index contributed by atoms with van der Waals surface area (Å²) in [5.74, 6) is -0.329. The molecule has 0 aliphatic carbocycles. The van der Waals surface area contributed by atoms with Crippen LogP contribution < -0.4 is 5.73 Å². The predicted molar refractivity (Wildman–Crippen MR) is 79.0 cm³/mol. The number of likely N-dealkylation sites (N-methyl/N-ethyl adjacent to an activating group) is 1. The summed E-state index contributed by atoms with van der Waals surface area (Å²) in [6.07, 6.45) is 0. The average Bonchev–Trinajstić information content (AvgIpc) is 2.81. The maximum atomic E-state index is 13.4. The summed E-state index contributed by atoms with van der Waals surface area (Å²) in [7, 11) is 1.98. The molecule has 19 heavy (non-hydrogen) atoms. The standard InChI is InChI=1S/C14H16ClFN2S/c1-18(8-10-2-3-19-9-10)14(7-17)11-4-12(15)6-13(16)5-11/h2-6,9,14H,7-8,17H2,1H3. The molecular formula is C14H16ClFN2S. The lowest BCUT2D eigenvalue weighted by Crippen LogP contribution is -2.30. The SMILES string of the molecule is CN(Cc1ccsc1)C(CN)c1cc(F)cc(Cl)c1. The summed E-state index contributed by atoms with van der Waals surface area (Å²) in [6, 6.07) is 6.60. The van der Waals surface area contributed by atoms with Gasteiger partial charge in [0.2, 0.25) is 0 Å². The maximum Gasteiger partial charge on any atom is 0.125 e. The van der Waals surface area contributed by atoms with Crippen molar-refractivity contribution in [1.29, 1.82) is 0 Å². The van der Waals surface area contributed by atoms with Crippen LogP contribution in [-0.4, -0.2) is 18.5 Å².